The molecule has 0 aliphatic carbocycles. The Balaban J connectivity index is 1.79. The van der Waals surface area contributed by atoms with Gasteiger partial charge in [-0.25, -0.2) is 13.8 Å². The highest BCUT2D eigenvalue weighted by Gasteiger charge is 2.27. The molecule has 3 aromatic rings. The molecule has 0 aromatic heterocycles. The minimum Gasteiger partial charge on any atom is -0.496 e. The van der Waals surface area contributed by atoms with Gasteiger partial charge in [-0.05, 0) is 60.0 Å². The molecular formula is C26H29N3O6S. The lowest BCUT2D eigenvalue weighted by atomic mass is 10.2. The molecular weight excluding hydrogens is 482 g/mol. The van der Waals surface area contributed by atoms with Crippen LogP contribution in [0.25, 0.3) is 0 Å². The fraction of sp³-hybridized carbons (Fsp3) is 0.231. The number of hydrogen-bond donors (Lipinski definition) is 1. The molecule has 3 rings (SSSR count). The Morgan fingerprint density at radius 1 is 0.917 bits per heavy atom. The van der Waals surface area contributed by atoms with Gasteiger partial charge >= 0.3 is 0 Å². The van der Waals surface area contributed by atoms with Gasteiger partial charge < -0.3 is 14.2 Å². The van der Waals surface area contributed by atoms with E-state index in [0.717, 1.165) is 9.87 Å². The van der Waals surface area contributed by atoms with Gasteiger partial charge in [0.25, 0.3) is 5.91 Å². The van der Waals surface area contributed by atoms with E-state index in [-0.39, 0.29) is 11.4 Å². The first-order valence-electron chi connectivity index (χ1n) is 11.0. The molecule has 0 radical (unpaired) electrons. The van der Waals surface area contributed by atoms with Gasteiger partial charge in [0.2, 0.25) is 10.0 Å². The number of sulfonamides is 1. The highest BCUT2D eigenvalue weighted by Crippen LogP contribution is 2.27. The molecule has 1 amide bonds. The van der Waals surface area contributed by atoms with Gasteiger partial charge in [0.15, 0.2) is 11.5 Å². The van der Waals surface area contributed by atoms with Crippen LogP contribution in [0, 0.1) is 6.92 Å². The van der Waals surface area contributed by atoms with Crippen molar-refractivity contribution >= 4 is 22.1 Å². The van der Waals surface area contributed by atoms with E-state index in [9.17, 15) is 13.2 Å². The number of methoxy groups -OCH3 is 3. The first-order valence-corrected chi connectivity index (χ1v) is 12.4. The predicted molar refractivity (Wildman–Crippen MR) is 137 cm³/mol. The van der Waals surface area contributed by atoms with Gasteiger partial charge in [-0.3, -0.25) is 4.79 Å². The van der Waals surface area contributed by atoms with Gasteiger partial charge in [0, 0.05) is 6.54 Å². The van der Waals surface area contributed by atoms with Crippen molar-refractivity contribution in [2.24, 2.45) is 5.10 Å². The number of aryl methyl sites for hydroxylation is 1. The molecule has 0 unspecified atom stereocenters. The maximum Gasteiger partial charge on any atom is 0.255 e. The summed E-state index contributed by atoms with van der Waals surface area (Å²) in [4.78, 5) is 12.8. The summed E-state index contributed by atoms with van der Waals surface area (Å²) in [6.45, 7) is 1.35. The van der Waals surface area contributed by atoms with Gasteiger partial charge in [0.1, 0.15) is 5.75 Å². The quantitative estimate of drug-likeness (QED) is 0.313. The molecule has 9 nitrogen and oxygen atoms in total. The van der Waals surface area contributed by atoms with Crippen LogP contribution in [-0.2, 0) is 21.4 Å². The van der Waals surface area contributed by atoms with E-state index in [1.54, 1.807) is 43.3 Å². The number of benzene rings is 3. The van der Waals surface area contributed by atoms with Crippen LogP contribution in [0.4, 0.5) is 0 Å². The molecule has 0 heterocycles. The fourth-order valence-corrected chi connectivity index (χ4v) is 4.95. The van der Waals surface area contributed by atoms with Crippen molar-refractivity contribution < 1.29 is 27.4 Å². The standard InChI is InChI=1S/C26H29N3O6S/c1-19-14-22(11-13-23(19)33-2)36(31,32)29(17-20-8-6-5-7-9-20)18-26(30)28-27-16-21-10-12-24(34-3)25(15-21)35-4/h5-16H,17-18H2,1-4H3,(H,28,30)/b27-16+. The van der Waals surface area contributed by atoms with Crippen LogP contribution in [0.2, 0.25) is 0 Å². The Labute approximate surface area is 211 Å². The van der Waals surface area contributed by atoms with E-state index in [1.807, 2.05) is 18.2 Å². The van der Waals surface area contributed by atoms with Crippen LogP contribution >= 0.6 is 0 Å². The van der Waals surface area contributed by atoms with E-state index in [0.29, 0.717) is 28.4 Å². The number of amides is 1. The number of rotatable bonds is 11. The average molecular weight is 512 g/mol. The summed E-state index contributed by atoms with van der Waals surface area (Å²) in [5.74, 6) is 1.07. The lowest BCUT2D eigenvalue weighted by molar-refractivity contribution is -0.121. The number of hydrogen-bond acceptors (Lipinski definition) is 7. The van der Waals surface area contributed by atoms with Crippen LogP contribution in [0.15, 0.2) is 76.7 Å². The number of carbonyl (C=O) groups is 1. The van der Waals surface area contributed by atoms with Crippen LogP contribution in [0.5, 0.6) is 17.2 Å². The van der Waals surface area contributed by atoms with E-state index < -0.39 is 22.5 Å². The van der Waals surface area contributed by atoms with Crippen LogP contribution in [-0.4, -0.2) is 52.7 Å². The molecule has 1 N–H and O–H groups in total. The lowest BCUT2D eigenvalue weighted by Gasteiger charge is -2.22. The van der Waals surface area contributed by atoms with E-state index in [1.165, 1.54) is 39.7 Å². The Hall–Kier alpha value is -3.89. The predicted octanol–water partition coefficient (Wildman–Crippen LogP) is 3.36. The van der Waals surface area contributed by atoms with Gasteiger partial charge in [-0.2, -0.15) is 9.41 Å². The van der Waals surface area contributed by atoms with Crippen LogP contribution < -0.4 is 19.6 Å². The number of ether oxygens (including phenoxy) is 3. The Kier molecular flexibility index (Phi) is 9.04. The molecule has 0 bridgehead atoms. The maximum atomic E-state index is 13.5. The summed E-state index contributed by atoms with van der Waals surface area (Å²) in [5, 5.41) is 3.97. The molecule has 0 saturated carbocycles. The number of nitrogens with zero attached hydrogens (tertiary/aromatic N) is 2. The second-order valence-electron chi connectivity index (χ2n) is 7.80. The smallest absolute Gasteiger partial charge is 0.255 e. The second-order valence-corrected chi connectivity index (χ2v) is 9.74. The zero-order valence-electron chi connectivity index (χ0n) is 20.6. The molecule has 10 heteroatoms. The van der Waals surface area contributed by atoms with Crippen molar-refractivity contribution in [2.75, 3.05) is 27.9 Å². The minimum absolute atomic E-state index is 0.0149. The van der Waals surface area contributed by atoms with Gasteiger partial charge in [0.05, 0.1) is 39.0 Å². The number of hydrazone groups is 1. The number of nitrogens with one attached hydrogen (secondary N) is 1. The summed E-state index contributed by atoms with van der Waals surface area (Å²) < 4.78 is 43.8. The first kappa shape index (κ1) is 26.7. The highest BCUT2D eigenvalue weighted by molar-refractivity contribution is 7.89. The Morgan fingerprint density at radius 2 is 1.58 bits per heavy atom. The SMILES string of the molecule is COc1ccc(S(=O)(=O)N(CC(=O)N/N=C/c2ccc(OC)c(OC)c2)Cc2ccccc2)cc1C. The fourth-order valence-electron chi connectivity index (χ4n) is 3.48. The molecule has 0 atom stereocenters. The normalized spacial score (nSPS) is 11.5. The molecule has 0 fully saturated rings. The summed E-state index contributed by atoms with van der Waals surface area (Å²) in [6, 6.07) is 18.8. The monoisotopic (exact) mass is 511 g/mol. The van der Waals surface area contributed by atoms with E-state index in [4.69, 9.17) is 14.2 Å². The zero-order valence-corrected chi connectivity index (χ0v) is 21.4. The first-order chi connectivity index (χ1) is 17.3. The third kappa shape index (κ3) is 6.61. The van der Waals surface area contributed by atoms with E-state index >= 15 is 0 Å². The molecule has 0 saturated heterocycles. The largest absolute Gasteiger partial charge is 0.496 e. The second kappa shape index (κ2) is 12.2. The minimum atomic E-state index is -4.00. The van der Waals surface area contributed by atoms with Crippen molar-refractivity contribution in [2.45, 2.75) is 18.4 Å². The van der Waals surface area contributed by atoms with Crippen LogP contribution in [0.3, 0.4) is 0 Å². The Morgan fingerprint density at radius 3 is 2.22 bits per heavy atom. The molecule has 0 aliphatic rings. The topological polar surface area (TPSA) is 107 Å². The van der Waals surface area contributed by atoms with Crippen molar-refractivity contribution in [3.63, 3.8) is 0 Å². The summed E-state index contributed by atoms with van der Waals surface area (Å²) in [7, 11) is 0.574. The highest BCUT2D eigenvalue weighted by atomic mass is 32.2. The summed E-state index contributed by atoms with van der Waals surface area (Å²) in [5.41, 5.74) is 4.47. The molecule has 36 heavy (non-hydrogen) atoms. The molecule has 0 spiro atoms. The molecule has 190 valence electrons. The van der Waals surface area contributed by atoms with Crippen molar-refractivity contribution in [1.82, 2.24) is 9.73 Å². The molecule has 3 aromatic carbocycles. The van der Waals surface area contributed by atoms with Gasteiger partial charge in [-0.1, -0.05) is 30.3 Å². The summed E-state index contributed by atoms with van der Waals surface area (Å²) >= 11 is 0. The zero-order chi connectivity index (χ0) is 26.1. The molecule has 0 aliphatic heterocycles. The third-order valence-corrected chi connectivity index (χ3v) is 7.12. The van der Waals surface area contributed by atoms with Crippen molar-refractivity contribution in [1.29, 1.82) is 0 Å². The van der Waals surface area contributed by atoms with Crippen molar-refractivity contribution in [3.8, 4) is 17.2 Å². The van der Waals surface area contributed by atoms with Crippen LogP contribution in [0.1, 0.15) is 16.7 Å². The Bertz CT molecular complexity index is 1330. The van der Waals surface area contributed by atoms with E-state index in [2.05, 4.69) is 10.5 Å². The average Bonchev–Trinajstić information content (AvgIpc) is 2.88. The lowest BCUT2D eigenvalue weighted by Crippen LogP contribution is -2.39. The number of carbonyl (C=O) groups excluding carboxylic acids is 1. The van der Waals surface area contributed by atoms with Crippen molar-refractivity contribution in [3.05, 3.63) is 83.4 Å². The summed E-state index contributed by atoms with van der Waals surface area (Å²) in [6.07, 6.45) is 1.43. The maximum absolute atomic E-state index is 13.5. The van der Waals surface area contributed by atoms with Gasteiger partial charge in [-0.15, -0.1) is 0 Å². The third-order valence-electron chi connectivity index (χ3n) is 5.34.